The molecule has 0 atom stereocenters. The highest BCUT2D eigenvalue weighted by Crippen LogP contribution is 2.27. The maximum atomic E-state index is 12.1. The zero-order valence-electron chi connectivity index (χ0n) is 17.7. The van der Waals surface area contributed by atoms with Crippen LogP contribution in [0.1, 0.15) is 43.7 Å². The van der Waals surface area contributed by atoms with Crippen molar-refractivity contribution in [2.24, 2.45) is 10.9 Å². The van der Waals surface area contributed by atoms with Crippen molar-refractivity contribution in [3.05, 3.63) is 65.7 Å². The van der Waals surface area contributed by atoms with Gasteiger partial charge in [-0.15, -0.1) is 24.0 Å². The molecule has 0 aromatic heterocycles. The largest absolute Gasteiger partial charge is 0.357 e. The summed E-state index contributed by atoms with van der Waals surface area (Å²) in [4.78, 5) is 16.8. The Balaban J connectivity index is 0.00000320. The molecule has 1 aliphatic rings. The van der Waals surface area contributed by atoms with E-state index in [1.807, 2.05) is 30.3 Å². The monoisotopic (exact) mass is 520 g/mol. The predicted octanol–water partition coefficient (Wildman–Crippen LogP) is 4.73. The van der Waals surface area contributed by atoms with Gasteiger partial charge in [0.1, 0.15) is 0 Å². The smallest absolute Gasteiger partial charge is 0.227 e. The van der Waals surface area contributed by atoms with Crippen LogP contribution in [0, 0.1) is 5.92 Å². The average molecular weight is 520 g/mol. The molecule has 30 heavy (non-hydrogen) atoms. The molecule has 0 saturated heterocycles. The topological polar surface area (TPSA) is 65.5 Å². The Labute approximate surface area is 197 Å². The molecule has 0 unspecified atom stereocenters. The van der Waals surface area contributed by atoms with Gasteiger partial charge in [0, 0.05) is 24.7 Å². The number of nitrogens with zero attached hydrogens (tertiary/aromatic N) is 1. The molecule has 2 aromatic carbocycles. The summed E-state index contributed by atoms with van der Waals surface area (Å²) in [6.07, 6.45) is 5.29. The summed E-state index contributed by atoms with van der Waals surface area (Å²) in [5.74, 6) is 1.16. The van der Waals surface area contributed by atoms with Gasteiger partial charge in [-0.2, -0.15) is 0 Å². The zero-order valence-corrected chi connectivity index (χ0v) is 20.0. The van der Waals surface area contributed by atoms with Crippen LogP contribution >= 0.6 is 24.0 Å². The zero-order chi connectivity index (χ0) is 20.3. The highest BCUT2D eigenvalue weighted by Gasteiger charge is 2.25. The second-order valence-corrected chi connectivity index (χ2v) is 7.53. The van der Waals surface area contributed by atoms with Crippen molar-refractivity contribution in [1.29, 1.82) is 0 Å². The third-order valence-electron chi connectivity index (χ3n) is 5.21. The summed E-state index contributed by atoms with van der Waals surface area (Å²) in [6, 6.07) is 18.5. The average Bonchev–Trinajstić information content (AvgIpc) is 2.69. The highest BCUT2D eigenvalue weighted by molar-refractivity contribution is 14.0. The number of hydrogen-bond donors (Lipinski definition) is 3. The predicted molar refractivity (Wildman–Crippen MR) is 135 cm³/mol. The third kappa shape index (κ3) is 7.97. The summed E-state index contributed by atoms with van der Waals surface area (Å²) in [7, 11) is 0. The van der Waals surface area contributed by atoms with Gasteiger partial charge in [-0.05, 0) is 55.9 Å². The number of aryl methyl sites for hydroxylation is 1. The molecule has 0 radical (unpaired) electrons. The van der Waals surface area contributed by atoms with Crippen molar-refractivity contribution < 1.29 is 4.79 Å². The lowest BCUT2D eigenvalue weighted by Gasteiger charge is -2.24. The normalized spacial score (nSPS) is 13.7. The quantitative estimate of drug-likeness (QED) is 0.194. The lowest BCUT2D eigenvalue weighted by Crippen LogP contribution is -2.37. The summed E-state index contributed by atoms with van der Waals surface area (Å²) >= 11 is 0. The fraction of sp³-hybridized carbons (Fsp3) is 0.417. The minimum atomic E-state index is 0. The first kappa shape index (κ1) is 24.2. The molecule has 6 heteroatoms. The third-order valence-corrected chi connectivity index (χ3v) is 5.21. The maximum absolute atomic E-state index is 12.1. The Morgan fingerprint density at radius 2 is 1.80 bits per heavy atom. The summed E-state index contributed by atoms with van der Waals surface area (Å²) < 4.78 is 0. The van der Waals surface area contributed by atoms with Crippen molar-refractivity contribution in [3.8, 4) is 0 Å². The molecule has 1 saturated carbocycles. The molecule has 0 spiro atoms. The number of guanidine groups is 1. The minimum absolute atomic E-state index is 0. The van der Waals surface area contributed by atoms with E-state index in [1.54, 1.807) is 0 Å². The SMILES string of the molecule is CCNC(=NCc1cccc(NC(=O)C2CCC2)c1)NCCCc1ccccc1.I. The highest BCUT2D eigenvalue weighted by atomic mass is 127. The van der Waals surface area contributed by atoms with Gasteiger partial charge in [0.25, 0.3) is 0 Å². The summed E-state index contributed by atoms with van der Waals surface area (Å²) in [6.45, 7) is 4.33. The van der Waals surface area contributed by atoms with Crippen molar-refractivity contribution in [3.63, 3.8) is 0 Å². The van der Waals surface area contributed by atoms with Crippen LogP contribution in [0.2, 0.25) is 0 Å². The first-order valence-electron chi connectivity index (χ1n) is 10.7. The molecule has 2 aromatic rings. The molecule has 1 aliphatic carbocycles. The van der Waals surface area contributed by atoms with Gasteiger partial charge in [-0.1, -0.05) is 48.9 Å². The fourth-order valence-corrected chi connectivity index (χ4v) is 3.32. The van der Waals surface area contributed by atoms with Gasteiger partial charge < -0.3 is 16.0 Å². The van der Waals surface area contributed by atoms with Gasteiger partial charge in [0.15, 0.2) is 5.96 Å². The number of anilines is 1. The Kier molecular flexibility index (Phi) is 10.7. The second kappa shape index (κ2) is 13.3. The molecule has 3 rings (SSSR count). The van der Waals surface area contributed by atoms with Gasteiger partial charge in [-0.3, -0.25) is 4.79 Å². The van der Waals surface area contributed by atoms with Crippen LogP contribution in [0.25, 0.3) is 0 Å². The number of amides is 1. The van der Waals surface area contributed by atoms with E-state index in [0.29, 0.717) is 6.54 Å². The van der Waals surface area contributed by atoms with Crippen molar-refractivity contribution >= 4 is 41.5 Å². The first-order valence-corrected chi connectivity index (χ1v) is 10.7. The number of carbonyl (C=O) groups excluding carboxylic acids is 1. The van der Waals surface area contributed by atoms with E-state index in [0.717, 1.165) is 56.0 Å². The van der Waals surface area contributed by atoms with E-state index >= 15 is 0 Å². The lowest BCUT2D eigenvalue weighted by molar-refractivity contribution is -0.122. The van der Waals surface area contributed by atoms with Gasteiger partial charge in [0.05, 0.1) is 6.54 Å². The van der Waals surface area contributed by atoms with Gasteiger partial charge >= 0.3 is 0 Å². The van der Waals surface area contributed by atoms with E-state index in [9.17, 15) is 4.79 Å². The van der Waals surface area contributed by atoms with E-state index in [4.69, 9.17) is 4.99 Å². The summed E-state index contributed by atoms with van der Waals surface area (Å²) in [5, 5.41) is 9.74. The molecule has 5 nitrogen and oxygen atoms in total. The Morgan fingerprint density at radius 1 is 1.03 bits per heavy atom. The van der Waals surface area contributed by atoms with Gasteiger partial charge in [0.2, 0.25) is 5.91 Å². The Hall–Kier alpha value is -2.09. The second-order valence-electron chi connectivity index (χ2n) is 7.53. The molecular weight excluding hydrogens is 487 g/mol. The molecule has 0 heterocycles. The number of aliphatic imine (C=N–C) groups is 1. The molecular formula is C24H33IN4O. The number of hydrogen-bond acceptors (Lipinski definition) is 2. The van der Waals surface area contributed by atoms with E-state index in [-0.39, 0.29) is 35.8 Å². The van der Waals surface area contributed by atoms with Crippen LogP contribution in [-0.2, 0) is 17.8 Å². The van der Waals surface area contributed by atoms with E-state index < -0.39 is 0 Å². The number of carbonyl (C=O) groups is 1. The maximum Gasteiger partial charge on any atom is 0.227 e. The number of benzene rings is 2. The lowest BCUT2D eigenvalue weighted by atomic mass is 9.85. The van der Waals surface area contributed by atoms with Crippen molar-refractivity contribution in [1.82, 2.24) is 10.6 Å². The summed E-state index contributed by atoms with van der Waals surface area (Å²) in [5.41, 5.74) is 3.30. The molecule has 1 fully saturated rings. The molecule has 1 amide bonds. The van der Waals surface area contributed by atoms with E-state index in [1.165, 1.54) is 12.0 Å². The molecule has 0 aliphatic heterocycles. The molecule has 0 bridgehead atoms. The van der Waals surface area contributed by atoms with Crippen LogP contribution in [0.15, 0.2) is 59.6 Å². The van der Waals surface area contributed by atoms with Crippen LogP contribution in [0.3, 0.4) is 0 Å². The fourth-order valence-electron chi connectivity index (χ4n) is 3.32. The van der Waals surface area contributed by atoms with E-state index in [2.05, 4.69) is 47.1 Å². The van der Waals surface area contributed by atoms with Crippen LogP contribution in [0.5, 0.6) is 0 Å². The molecule has 162 valence electrons. The van der Waals surface area contributed by atoms with Crippen LogP contribution < -0.4 is 16.0 Å². The Bertz CT molecular complexity index is 806. The number of halogens is 1. The number of rotatable bonds is 9. The minimum Gasteiger partial charge on any atom is -0.357 e. The molecule has 3 N–H and O–H groups in total. The van der Waals surface area contributed by atoms with Gasteiger partial charge in [-0.25, -0.2) is 4.99 Å². The first-order chi connectivity index (χ1) is 14.2. The van der Waals surface area contributed by atoms with Crippen LogP contribution in [0.4, 0.5) is 5.69 Å². The van der Waals surface area contributed by atoms with Crippen molar-refractivity contribution in [2.75, 3.05) is 18.4 Å². The van der Waals surface area contributed by atoms with Crippen molar-refractivity contribution in [2.45, 2.75) is 45.6 Å². The van der Waals surface area contributed by atoms with Crippen LogP contribution in [-0.4, -0.2) is 25.0 Å². The number of nitrogens with one attached hydrogen (secondary N) is 3. The standard InChI is InChI=1S/C24H32N4O.HI/c1-2-25-24(26-16-8-12-19-9-4-3-5-10-19)27-18-20-11-6-15-22(17-20)28-23(29)21-13-7-14-21;/h3-6,9-11,15,17,21H,2,7-8,12-14,16,18H2,1H3,(H,28,29)(H2,25,26,27);1H. The Morgan fingerprint density at radius 3 is 2.50 bits per heavy atom.